The van der Waals surface area contributed by atoms with E-state index in [0.29, 0.717) is 10.5 Å². The van der Waals surface area contributed by atoms with Crippen LogP contribution in [0.1, 0.15) is 21.5 Å². The molecular weight excluding hydrogens is 259 g/mol. The van der Waals surface area contributed by atoms with Gasteiger partial charge in [0, 0.05) is 12.1 Å². The number of halogens is 3. The highest BCUT2D eigenvalue weighted by atomic mass is 19.4. The maximum absolute atomic E-state index is 12.4. The number of amides is 1. The summed E-state index contributed by atoms with van der Waals surface area (Å²) in [4.78, 5) is 12.7. The Morgan fingerprint density at radius 3 is 2.42 bits per heavy atom. The summed E-state index contributed by atoms with van der Waals surface area (Å²) in [6.07, 6.45) is -4.48. The summed E-state index contributed by atoms with van der Waals surface area (Å²) in [6.45, 7) is 1.30. The van der Waals surface area contributed by atoms with Gasteiger partial charge < -0.3 is 10.0 Å². The zero-order valence-corrected chi connectivity index (χ0v) is 10.8. The Morgan fingerprint density at radius 2 is 1.95 bits per heavy atom. The van der Waals surface area contributed by atoms with Crippen molar-refractivity contribution in [3.05, 3.63) is 34.9 Å². The second kappa shape index (κ2) is 6.06. The van der Waals surface area contributed by atoms with E-state index in [1.807, 2.05) is 6.92 Å². The normalized spacial score (nSPS) is 11.5. The Morgan fingerprint density at radius 1 is 1.32 bits per heavy atom. The number of hydrogen-bond acceptors (Lipinski definition) is 2. The molecule has 0 spiro atoms. The van der Waals surface area contributed by atoms with Crippen LogP contribution in [0.3, 0.4) is 0 Å². The van der Waals surface area contributed by atoms with Crippen LogP contribution in [-0.2, 0) is 0 Å². The first-order valence-corrected chi connectivity index (χ1v) is 5.78. The van der Waals surface area contributed by atoms with E-state index in [1.54, 1.807) is 19.1 Å². The third-order valence-electron chi connectivity index (χ3n) is 2.64. The van der Waals surface area contributed by atoms with Crippen molar-refractivity contribution in [2.45, 2.75) is 20.0 Å². The summed E-state index contributed by atoms with van der Waals surface area (Å²) in [7, 11) is 0. The Kier molecular flexibility index (Phi) is 4.94. The minimum atomic E-state index is -4.48. The van der Waals surface area contributed by atoms with Gasteiger partial charge in [-0.3, -0.25) is 4.79 Å². The minimum Gasteiger partial charge on any atom is -0.395 e. The standard InChI is InChI=1S/C13H16F3NO2/c1-9-3-4-11(10(2)7-9)12(19)17(5-6-18)8-13(14,15)16/h3-4,7,18H,5-6,8H2,1-2H3. The summed E-state index contributed by atoms with van der Waals surface area (Å²) >= 11 is 0. The summed E-state index contributed by atoms with van der Waals surface area (Å²) in [5.74, 6) is -0.719. The molecule has 0 aliphatic carbocycles. The second-order valence-electron chi connectivity index (χ2n) is 4.38. The van der Waals surface area contributed by atoms with Crippen molar-refractivity contribution < 1.29 is 23.1 Å². The van der Waals surface area contributed by atoms with Crippen molar-refractivity contribution in [3.8, 4) is 0 Å². The van der Waals surface area contributed by atoms with Crippen LogP contribution in [0.2, 0.25) is 0 Å². The molecule has 0 aromatic heterocycles. The van der Waals surface area contributed by atoms with Gasteiger partial charge in [-0.15, -0.1) is 0 Å². The van der Waals surface area contributed by atoms with Crippen LogP contribution in [0.15, 0.2) is 18.2 Å². The molecule has 0 atom stereocenters. The number of aliphatic hydroxyl groups is 1. The van der Waals surface area contributed by atoms with Gasteiger partial charge in [0.15, 0.2) is 0 Å². The molecule has 1 aromatic rings. The summed E-state index contributed by atoms with van der Waals surface area (Å²) in [5.41, 5.74) is 1.77. The van der Waals surface area contributed by atoms with Gasteiger partial charge in [-0.1, -0.05) is 17.7 Å². The van der Waals surface area contributed by atoms with Crippen LogP contribution in [0.5, 0.6) is 0 Å². The lowest BCUT2D eigenvalue weighted by atomic mass is 10.0. The lowest BCUT2D eigenvalue weighted by Crippen LogP contribution is -2.40. The van der Waals surface area contributed by atoms with Crippen molar-refractivity contribution in [2.75, 3.05) is 19.7 Å². The number of carbonyl (C=O) groups is 1. The molecule has 0 aliphatic rings. The lowest BCUT2D eigenvalue weighted by molar-refractivity contribution is -0.141. The maximum Gasteiger partial charge on any atom is 0.406 e. The highest BCUT2D eigenvalue weighted by molar-refractivity contribution is 5.95. The Balaban J connectivity index is 2.99. The Labute approximate surface area is 109 Å². The fourth-order valence-electron chi connectivity index (χ4n) is 1.81. The largest absolute Gasteiger partial charge is 0.406 e. The minimum absolute atomic E-state index is 0.225. The first-order valence-electron chi connectivity index (χ1n) is 5.78. The van der Waals surface area contributed by atoms with Gasteiger partial charge in [-0.25, -0.2) is 0 Å². The van der Waals surface area contributed by atoms with Crippen molar-refractivity contribution in [3.63, 3.8) is 0 Å². The topological polar surface area (TPSA) is 40.5 Å². The molecule has 19 heavy (non-hydrogen) atoms. The molecule has 106 valence electrons. The quantitative estimate of drug-likeness (QED) is 0.916. The number of aryl methyl sites for hydroxylation is 2. The highest BCUT2D eigenvalue weighted by Crippen LogP contribution is 2.19. The number of hydrogen-bond donors (Lipinski definition) is 1. The molecule has 0 heterocycles. The first kappa shape index (κ1) is 15.5. The van der Waals surface area contributed by atoms with Crippen LogP contribution >= 0.6 is 0 Å². The van der Waals surface area contributed by atoms with Crippen molar-refractivity contribution in [2.24, 2.45) is 0 Å². The second-order valence-corrected chi connectivity index (χ2v) is 4.38. The third-order valence-corrected chi connectivity index (χ3v) is 2.64. The molecule has 1 aromatic carbocycles. The van der Waals surface area contributed by atoms with E-state index in [1.165, 1.54) is 6.07 Å². The summed E-state index contributed by atoms with van der Waals surface area (Å²) in [5, 5.41) is 8.78. The van der Waals surface area contributed by atoms with Gasteiger partial charge in [-0.05, 0) is 25.5 Å². The fraction of sp³-hybridized carbons (Fsp3) is 0.462. The van der Waals surface area contributed by atoms with Crippen molar-refractivity contribution in [1.82, 2.24) is 4.90 Å². The Hall–Kier alpha value is -1.56. The van der Waals surface area contributed by atoms with E-state index in [-0.39, 0.29) is 12.1 Å². The smallest absolute Gasteiger partial charge is 0.395 e. The van der Waals surface area contributed by atoms with Crippen LogP contribution in [-0.4, -0.2) is 41.8 Å². The predicted octanol–water partition coefficient (Wildman–Crippen LogP) is 2.30. The fourth-order valence-corrected chi connectivity index (χ4v) is 1.81. The molecule has 0 aliphatic heterocycles. The van der Waals surface area contributed by atoms with E-state index in [0.717, 1.165) is 5.56 Å². The van der Waals surface area contributed by atoms with Crippen LogP contribution < -0.4 is 0 Å². The number of carbonyl (C=O) groups excluding carboxylic acids is 1. The average Bonchev–Trinajstić information content (AvgIpc) is 2.26. The summed E-state index contributed by atoms with van der Waals surface area (Å²) in [6, 6.07) is 4.91. The highest BCUT2D eigenvalue weighted by Gasteiger charge is 2.33. The molecule has 1 amide bonds. The van der Waals surface area contributed by atoms with E-state index in [4.69, 9.17) is 5.11 Å². The van der Waals surface area contributed by atoms with Gasteiger partial charge in [0.25, 0.3) is 5.91 Å². The first-order chi connectivity index (χ1) is 8.74. The Bertz CT molecular complexity index is 458. The molecule has 0 bridgehead atoms. The zero-order chi connectivity index (χ0) is 14.6. The number of nitrogens with zero attached hydrogens (tertiary/aromatic N) is 1. The zero-order valence-electron chi connectivity index (χ0n) is 10.8. The number of benzene rings is 1. The molecular formula is C13H16F3NO2. The van der Waals surface area contributed by atoms with E-state index < -0.39 is 25.2 Å². The number of rotatable bonds is 4. The summed E-state index contributed by atoms with van der Waals surface area (Å²) < 4.78 is 37.2. The van der Waals surface area contributed by atoms with Crippen LogP contribution in [0.4, 0.5) is 13.2 Å². The number of alkyl halides is 3. The van der Waals surface area contributed by atoms with Gasteiger partial charge in [-0.2, -0.15) is 13.2 Å². The predicted molar refractivity (Wildman–Crippen MR) is 65.0 cm³/mol. The van der Waals surface area contributed by atoms with E-state index in [9.17, 15) is 18.0 Å². The van der Waals surface area contributed by atoms with Crippen LogP contribution in [0, 0.1) is 13.8 Å². The molecule has 0 saturated heterocycles. The third kappa shape index (κ3) is 4.55. The average molecular weight is 275 g/mol. The molecule has 1 rings (SSSR count). The van der Waals surface area contributed by atoms with Gasteiger partial charge in [0.1, 0.15) is 6.54 Å². The molecule has 3 nitrogen and oxygen atoms in total. The molecule has 6 heteroatoms. The van der Waals surface area contributed by atoms with E-state index >= 15 is 0 Å². The number of aliphatic hydroxyl groups excluding tert-OH is 1. The van der Waals surface area contributed by atoms with Crippen LogP contribution in [0.25, 0.3) is 0 Å². The molecule has 0 unspecified atom stereocenters. The molecule has 0 fully saturated rings. The SMILES string of the molecule is Cc1ccc(C(=O)N(CCO)CC(F)(F)F)c(C)c1. The lowest BCUT2D eigenvalue weighted by Gasteiger charge is -2.24. The van der Waals surface area contributed by atoms with Crippen molar-refractivity contribution in [1.29, 1.82) is 0 Å². The van der Waals surface area contributed by atoms with Crippen molar-refractivity contribution >= 4 is 5.91 Å². The molecule has 1 N–H and O–H groups in total. The molecule has 0 saturated carbocycles. The van der Waals surface area contributed by atoms with E-state index in [2.05, 4.69) is 0 Å². The maximum atomic E-state index is 12.4. The van der Waals surface area contributed by atoms with Gasteiger partial charge >= 0.3 is 6.18 Å². The monoisotopic (exact) mass is 275 g/mol. The van der Waals surface area contributed by atoms with Gasteiger partial charge in [0.2, 0.25) is 0 Å². The van der Waals surface area contributed by atoms with Gasteiger partial charge in [0.05, 0.1) is 6.61 Å². The molecule has 0 radical (unpaired) electrons.